The molecule has 4 nitrogen and oxygen atoms in total. The summed E-state index contributed by atoms with van der Waals surface area (Å²) >= 11 is 3.48. The van der Waals surface area contributed by atoms with Crippen LogP contribution in [0.25, 0.3) is 10.9 Å². The molecule has 3 aromatic rings. The van der Waals surface area contributed by atoms with Crippen LogP contribution in [0, 0.1) is 10.1 Å². The van der Waals surface area contributed by atoms with Crippen LogP contribution in [0.3, 0.4) is 0 Å². The first-order chi connectivity index (χ1) is 11.1. The third-order valence-electron chi connectivity index (χ3n) is 4.11. The molecule has 1 aromatic heterocycles. The second kappa shape index (κ2) is 6.96. The van der Waals surface area contributed by atoms with E-state index in [2.05, 4.69) is 33.0 Å². The summed E-state index contributed by atoms with van der Waals surface area (Å²) in [6.07, 6.45) is 3.50. The zero-order valence-corrected chi connectivity index (χ0v) is 14.1. The van der Waals surface area contributed by atoms with Crippen LogP contribution in [0.2, 0.25) is 0 Å². The molecule has 5 heteroatoms. The first-order valence-corrected chi connectivity index (χ1v) is 8.35. The fraction of sp³-hybridized carbons (Fsp3) is 0.222. The third kappa shape index (κ3) is 3.79. The van der Waals surface area contributed by atoms with Gasteiger partial charge < -0.3 is 4.98 Å². The topological polar surface area (TPSA) is 58.9 Å². The molecule has 0 bridgehead atoms. The van der Waals surface area contributed by atoms with Gasteiger partial charge in [-0.15, -0.1) is 0 Å². The number of halogens is 1. The SMILES string of the molecule is O=[N+]([O-])C[C@@H](CCc1ccccc1)c1c[nH]c2ccc(Br)cc12. The molecule has 1 N–H and O–H groups in total. The van der Waals surface area contributed by atoms with Crippen LogP contribution < -0.4 is 0 Å². The number of nitrogens with one attached hydrogen (secondary N) is 1. The summed E-state index contributed by atoms with van der Waals surface area (Å²) in [4.78, 5) is 14.1. The zero-order chi connectivity index (χ0) is 16.2. The van der Waals surface area contributed by atoms with Crippen LogP contribution in [0.1, 0.15) is 23.5 Å². The third-order valence-corrected chi connectivity index (χ3v) is 4.60. The van der Waals surface area contributed by atoms with E-state index in [1.54, 1.807) is 0 Å². The first kappa shape index (κ1) is 15.7. The van der Waals surface area contributed by atoms with Crippen molar-refractivity contribution in [3.63, 3.8) is 0 Å². The largest absolute Gasteiger partial charge is 0.361 e. The van der Waals surface area contributed by atoms with Crippen LogP contribution in [-0.4, -0.2) is 16.5 Å². The predicted octanol–water partition coefficient (Wildman–Crippen LogP) is 4.92. The van der Waals surface area contributed by atoms with Crippen molar-refractivity contribution in [3.05, 3.63) is 80.4 Å². The Balaban J connectivity index is 1.88. The van der Waals surface area contributed by atoms with E-state index >= 15 is 0 Å². The van der Waals surface area contributed by atoms with Crippen molar-refractivity contribution in [2.45, 2.75) is 18.8 Å². The fourth-order valence-corrected chi connectivity index (χ4v) is 3.32. The number of benzene rings is 2. The summed E-state index contributed by atoms with van der Waals surface area (Å²) in [6, 6.07) is 16.1. The molecule has 0 unspecified atom stereocenters. The van der Waals surface area contributed by atoms with Gasteiger partial charge in [-0.1, -0.05) is 46.3 Å². The minimum atomic E-state index is -0.216. The minimum Gasteiger partial charge on any atom is -0.361 e. The smallest absolute Gasteiger partial charge is 0.210 e. The maximum atomic E-state index is 11.1. The van der Waals surface area contributed by atoms with E-state index in [0.29, 0.717) is 0 Å². The molecule has 3 rings (SSSR count). The van der Waals surface area contributed by atoms with Crippen LogP contribution >= 0.6 is 15.9 Å². The monoisotopic (exact) mass is 372 g/mol. The molecule has 0 aliphatic carbocycles. The van der Waals surface area contributed by atoms with Gasteiger partial charge in [-0.05, 0) is 42.2 Å². The molecule has 0 aliphatic heterocycles. The lowest BCUT2D eigenvalue weighted by Crippen LogP contribution is -2.13. The highest BCUT2D eigenvalue weighted by Crippen LogP contribution is 2.31. The van der Waals surface area contributed by atoms with E-state index in [-0.39, 0.29) is 17.4 Å². The maximum absolute atomic E-state index is 11.1. The highest BCUT2D eigenvalue weighted by Gasteiger charge is 2.21. The van der Waals surface area contributed by atoms with Crippen LogP contribution in [0.15, 0.2) is 59.2 Å². The highest BCUT2D eigenvalue weighted by molar-refractivity contribution is 9.10. The fourth-order valence-electron chi connectivity index (χ4n) is 2.96. The van der Waals surface area contributed by atoms with Gasteiger partial charge in [0, 0.05) is 26.5 Å². The lowest BCUT2D eigenvalue weighted by molar-refractivity contribution is -0.483. The summed E-state index contributed by atoms with van der Waals surface area (Å²) in [6.45, 7) is -0.0493. The van der Waals surface area contributed by atoms with Gasteiger partial charge in [0.15, 0.2) is 0 Å². The molecule has 1 heterocycles. The lowest BCUT2D eigenvalue weighted by Gasteiger charge is -2.12. The molecule has 23 heavy (non-hydrogen) atoms. The number of aryl methyl sites for hydroxylation is 1. The molecule has 0 radical (unpaired) electrons. The Kier molecular flexibility index (Phi) is 4.76. The summed E-state index contributed by atoms with van der Waals surface area (Å²) in [7, 11) is 0. The van der Waals surface area contributed by atoms with Gasteiger partial charge in [-0.2, -0.15) is 0 Å². The molecule has 0 aliphatic rings. The van der Waals surface area contributed by atoms with E-state index in [9.17, 15) is 10.1 Å². The summed E-state index contributed by atoms with van der Waals surface area (Å²) in [5.74, 6) is -0.103. The summed E-state index contributed by atoms with van der Waals surface area (Å²) in [5, 5.41) is 12.2. The second-order valence-corrected chi connectivity index (χ2v) is 6.59. The number of nitro groups is 1. The van der Waals surface area contributed by atoms with E-state index < -0.39 is 0 Å². The van der Waals surface area contributed by atoms with Crippen LogP contribution in [0.4, 0.5) is 0 Å². The van der Waals surface area contributed by atoms with Crippen molar-refractivity contribution in [2.24, 2.45) is 0 Å². The molecule has 0 fully saturated rings. The van der Waals surface area contributed by atoms with Gasteiger partial charge in [0.25, 0.3) is 0 Å². The Morgan fingerprint density at radius 2 is 1.96 bits per heavy atom. The molecule has 118 valence electrons. The van der Waals surface area contributed by atoms with Gasteiger partial charge in [0.1, 0.15) is 0 Å². The Hall–Kier alpha value is -2.14. The van der Waals surface area contributed by atoms with Crippen molar-refractivity contribution < 1.29 is 4.92 Å². The van der Waals surface area contributed by atoms with Crippen molar-refractivity contribution >= 4 is 26.8 Å². The predicted molar refractivity (Wildman–Crippen MR) is 95.4 cm³/mol. The summed E-state index contributed by atoms with van der Waals surface area (Å²) < 4.78 is 0.980. The van der Waals surface area contributed by atoms with Crippen molar-refractivity contribution in [3.8, 4) is 0 Å². The Labute approximate surface area is 142 Å². The van der Waals surface area contributed by atoms with Gasteiger partial charge >= 0.3 is 0 Å². The number of H-pyrrole nitrogens is 1. The van der Waals surface area contributed by atoms with Gasteiger partial charge in [-0.25, -0.2) is 0 Å². The number of nitrogens with zero attached hydrogens (tertiary/aromatic N) is 1. The van der Waals surface area contributed by atoms with Gasteiger partial charge in [0.05, 0.1) is 5.92 Å². The number of rotatable bonds is 6. The van der Waals surface area contributed by atoms with E-state index in [1.807, 2.05) is 42.6 Å². The van der Waals surface area contributed by atoms with Crippen LogP contribution in [-0.2, 0) is 6.42 Å². The molecule has 2 aromatic carbocycles. The van der Waals surface area contributed by atoms with Crippen molar-refractivity contribution in [1.82, 2.24) is 4.98 Å². The van der Waals surface area contributed by atoms with Crippen molar-refractivity contribution in [1.29, 1.82) is 0 Å². The number of fused-ring (bicyclic) bond motifs is 1. The zero-order valence-electron chi connectivity index (χ0n) is 12.5. The average molecular weight is 373 g/mol. The van der Waals surface area contributed by atoms with Gasteiger partial charge in [0.2, 0.25) is 6.54 Å². The quantitative estimate of drug-likeness (QED) is 0.492. The molecular formula is C18H17BrN2O2. The van der Waals surface area contributed by atoms with E-state index in [4.69, 9.17) is 0 Å². The van der Waals surface area contributed by atoms with E-state index in [1.165, 1.54) is 5.56 Å². The van der Waals surface area contributed by atoms with E-state index in [0.717, 1.165) is 33.8 Å². The number of hydrogen-bond acceptors (Lipinski definition) is 2. The molecule has 0 spiro atoms. The molecular weight excluding hydrogens is 356 g/mol. The average Bonchev–Trinajstić information content (AvgIpc) is 2.95. The van der Waals surface area contributed by atoms with Crippen molar-refractivity contribution in [2.75, 3.05) is 6.54 Å². The first-order valence-electron chi connectivity index (χ1n) is 7.56. The molecule has 0 amide bonds. The molecule has 0 saturated heterocycles. The standard InChI is InChI=1S/C18H17BrN2O2/c19-15-8-9-18-16(10-15)17(11-20-18)14(12-21(22)23)7-6-13-4-2-1-3-5-13/h1-5,8-11,14,20H,6-7,12H2/t14-/m1/s1. The normalized spacial score (nSPS) is 12.4. The second-order valence-electron chi connectivity index (χ2n) is 5.67. The molecule has 1 atom stereocenters. The van der Waals surface area contributed by atoms with Gasteiger partial charge in [-0.3, -0.25) is 10.1 Å². The Morgan fingerprint density at radius 1 is 1.17 bits per heavy atom. The summed E-state index contributed by atoms with van der Waals surface area (Å²) in [5.41, 5.74) is 3.24. The number of aromatic nitrogens is 1. The minimum absolute atomic E-state index is 0.0493. The lowest BCUT2D eigenvalue weighted by atomic mass is 9.92. The number of aromatic amines is 1. The maximum Gasteiger partial charge on any atom is 0.210 e. The highest BCUT2D eigenvalue weighted by atomic mass is 79.9. The molecule has 0 saturated carbocycles. The Bertz CT molecular complexity index is 814. The van der Waals surface area contributed by atoms with Crippen LogP contribution in [0.5, 0.6) is 0 Å². The Morgan fingerprint density at radius 3 is 2.70 bits per heavy atom. The number of hydrogen-bond donors (Lipinski definition) is 1.